The number of nitrogens with zero attached hydrogens (tertiary/aromatic N) is 2. The van der Waals surface area contributed by atoms with Crippen molar-refractivity contribution in [1.29, 1.82) is 0 Å². The van der Waals surface area contributed by atoms with Crippen LogP contribution in [0.1, 0.15) is 63.1 Å². The van der Waals surface area contributed by atoms with Crippen LogP contribution in [-0.4, -0.2) is 47.9 Å². The fraction of sp³-hybridized carbons (Fsp3) is 0.500. The zero-order valence-electron chi connectivity index (χ0n) is 20.8. The zero-order valence-corrected chi connectivity index (χ0v) is 20.8. The highest BCUT2D eigenvalue weighted by Gasteiger charge is 2.43. The van der Waals surface area contributed by atoms with E-state index in [2.05, 4.69) is 6.92 Å². The van der Waals surface area contributed by atoms with Crippen LogP contribution in [0.4, 0.5) is 4.39 Å². The SMILES string of the molecule is CCCOc1ccc([C@@H]2C(=O)N(C3CCC(C)CC3)CC(=O)N2Cc2ccc(F)cc2)cc1OC. The minimum absolute atomic E-state index is 0.0736. The second-order valence-corrected chi connectivity index (χ2v) is 9.69. The van der Waals surface area contributed by atoms with Crippen LogP contribution in [0.15, 0.2) is 42.5 Å². The van der Waals surface area contributed by atoms with Gasteiger partial charge in [0.25, 0.3) is 5.91 Å². The van der Waals surface area contributed by atoms with E-state index in [1.165, 1.54) is 12.1 Å². The van der Waals surface area contributed by atoms with Crippen molar-refractivity contribution in [2.24, 2.45) is 5.92 Å². The molecule has 0 N–H and O–H groups in total. The van der Waals surface area contributed by atoms with Gasteiger partial charge in [0.05, 0.1) is 13.7 Å². The number of benzene rings is 2. The van der Waals surface area contributed by atoms with Crippen LogP contribution in [0.5, 0.6) is 11.5 Å². The first-order valence-corrected chi connectivity index (χ1v) is 12.6. The summed E-state index contributed by atoms with van der Waals surface area (Å²) in [4.78, 5) is 30.8. The second-order valence-electron chi connectivity index (χ2n) is 9.69. The summed E-state index contributed by atoms with van der Waals surface area (Å²) in [7, 11) is 1.57. The number of amides is 2. The van der Waals surface area contributed by atoms with Gasteiger partial charge in [-0.15, -0.1) is 0 Å². The van der Waals surface area contributed by atoms with Gasteiger partial charge in [0.2, 0.25) is 5.91 Å². The molecule has 1 aliphatic heterocycles. The Bertz CT molecular complexity index is 1030. The summed E-state index contributed by atoms with van der Waals surface area (Å²) in [6.45, 7) is 5.12. The van der Waals surface area contributed by atoms with Crippen molar-refractivity contribution in [1.82, 2.24) is 9.80 Å². The van der Waals surface area contributed by atoms with Gasteiger partial charge in [-0.1, -0.05) is 32.0 Å². The highest BCUT2D eigenvalue weighted by Crippen LogP contribution is 2.37. The lowest BCUT2D eigenvalue weighted by Gasteiger charge is -2.45. The number of rotatable bonds is 8. The average Bonchev–Trinajstić information content (AvgIpc) is 2.87. The quantitative estimate of drug-likeness (QED) is 0.524. The Hall–Kier alpha value is -3.09. The molecule has 0 unspecified atom stereocenters. The van der Waals surface area contributed by atoms with E-state index in [0.717, 1.165) is 37.7 Å². The van der Waals surface area contributed by atoms with Gasteiger partial charge in [0.1, 0.15) is 18.4 Å². The molecule has 0 bridgehead atoms. The molecule has 0 aromatic heterocycles. The van der Waals surface area contributed by atoms with Gasteiger partial charge in [-0.25, -0.2) is 4.39 Å². The van der Waals surface area contributed by atoms with E-state index in [0.29, 0.717) is 29.6 Å². The summed E-state index contributed by atoms with van der Waals surface area (Å²) >= 11 is 0. The number of piperazine rings is 1. The molecule has 2 aromatic carbocycles. The first-order valence-electron chi connectivity index (χ1n) is 12.6. The molecule has 1 atom stereocenters. The molecule has 188 valence electrons. The van der Waals surface area contributed by atoms with Gasteiger partial charge < -0.3 is 19.3 Å². The number of hydrogen-bond acceptors (Lipinski definition) is 4. The summed E-state index contributed by atoms with van der Waals surface area (Å²) in [5.41, 5.74) is 1.45. The molecule has 6 nitrogen and oxygen atoms in total. The molecule has 1 saturated heterocycles. The summed E-state index contributed by atoms with van der Waals surface area (Å²) in [5, 5.41) is 0. The van der Waals surface area contributed by atoms with Gasteiger partial charge in [-0.3, -0.25) is 9.59 Å². The van der Waals surface area contributed by atoms with Crippen molar-refractivity contribution in [3.63, 3.8) is 0 Å². The Kier molecular flexibility index (Phi) is 7.93. The predicted octanol–water partition coefficient (Wildman–Crippen LogP) is 5.11. The van der Waals surface area contributed by atoms with Crippen molar-refractivity contribution in [2.45, 2.75) is 64.6 Å². The lowest BCUT2D eigenvalue weighted by molar-refractivity contribution is -0.160. The van der Waals surface area contributed by atoms with Crippen LogP contribution in [0, 0.1) is 11.7 Å². The monoisotopic (exact) mass is 482 g/mol. The van der Waals surface area contributed by atoms with E-state index in [4.69, 9.17) is 9.47 Å². The molecule has 1 saturated carbocycles. The highest BCUT2D eigenvalue weighted by atomic mass is 19.1. The van der Waals surface area contributed by atoms with Crippen LogP contribution in [0.25, 0.3) is 0 Å². The zero-order chi connectivity index (χ0) is 24.9. The van der Waals surface area contributed by atoms with Gasteiger partial charge in [0, 0.05) is 12.6 Å². The van der Waals surface area contributed by atoms with Gasteiger partial charge in [0.15, 0.2) is 11.5 Å². The lowest BCUT2D eigenvalue weighted by Crippen LogP contribution is -2.58. The number of hydrogen-bond donors (Lipinski definition) is 0. The maximum atomic E-state index is 14.0. The largest absolute Gasteiger partial charge is 0.493 e. The van der Waals surface area contributed by atoms with Gasteiger partial charge in [-0.05, 0) is 73.4 Å². The Morgan fingerprint density at radius 3 is 2.37 bits per heavy atom. The fourth-order valence-corrected chi connectivity index (χ4v) is 5.09. The fourth-order valence-electron chi connectivity index (χ4n) is 5.09. The summed E-state index contributed by atoms with van der Waals surface area (Å²) < 4.78 is 24.8. The highest BCUT2D eigenvalue weighted by molar-refractivity contribution is 5.96. The Morgan fingerprint density at radius 1 is 1.00 bits per heavy atom. The molecular formula is C28H35FN2O4. The van der Waals surface area contributed by atoms with Crippen LogP contribution < -0.4 is 9.47 Å². The van der Waals surface area contributed by atoms with Crippen molar-refractivity contribution in [2.75, 3.05) is 20.3 Å². The maximum absolute atomic E-state index is 14.0. The topological polar surface area (TPSA) is 59.1 Å². The average molecular weight is 483 g/mol. The maximum Gasteiger partial charge on any atom is 0.250 e. The molecular weight excluding hydrogens is 447 g/mol. The number of halogens is 1. The Balaban J connectivity index is 1.68. The van der Waals surface area contributed by atoms with E-state index < -0.39 is 6.04 Å². The lowest BCUT2D eigenvalue weighted by atomic mass is 9.85. The van der Waals surface area contributed by atoms with Gasteiger partial charge >= 0.3 is 0 Å². The summed E-state index contributed by atoms with van der Waals surface area (Å²) in [6, 6.07) is 10.8. The number of carbonyl (C=O) groups is 2. The number of carbonyl (C=O) groups excluding carboxylic acids is 2. The van der Waals surface area contributed by atoms with E-state index in [-0.39, 0.29) is 36.8 Å². The first-order chi connectivity index (χ1) is 16.9. The minimum Gasteiger partial charge on any atom is -0.493 e. The molecule has 1 aliphatic carbocycles. The normalized spacial score (nSPS) is 22.9. The third kappa shape index (κ3) is 5.60. The third-order valence-corrected chi connectivity index (χ3v) is 7.11. The smallest absolute Gasteiger partial charge is 0.250 e. The van der Waals surface area contributed by atoms with Crippen molar-refractivity contribution in [3.8, 4) is 11.5 Å². The van der Waals surface area contributed by atoms with E-state index in [1.807, 2.05) is 13.0 Å². The first kappa shape index (κ1) is 25.0. The number of methoxy groups -OCH3 is 1. The van der Waals surface area contributed by atoms with Gasteiger partial charge in [-0.2, -0.15) is 0 Å². The molecule has 1 heterocycles. The van der Waals surface area contributed by atoms with Crippen LogP contribution in [0.3, 0.4) is 0 Å². The van der Waals surface area contributed by atoms with E-state index in [9.17, 15) is 14.0 Å². The molecule has 0 radical (unpaired) electrons. The van der Waals surface area contributed by atoms with E-state index in [1.54, 1.807) is 41.2 Å². The third-order valence-electron chi connectivity index (χ3n) is 7.11. The molecule has 35 heavy (non-hydrogen) atoms. The second kappa shape index (κ2) is 11.1. The number of ether oxygens (including phenoxy) is 2. The summed E-state index contributed by atoms with van der Waals surface area (Å²) in [6.07, 6.45) is 4.81. The van der Waals surface area contributed by atoms with Crippen molar-refractivity contribution in [3.05, 3.63) is 59.4 Å². The molecule has 4 rings (SSSR count). The van der Waals surface area contributed by atoms with Crippen LogP contribution in [-0.2, 0) is 16.1 Å². The molecule has 7 heteroatoms. The molecule has 2 fully saturated rings. The van der Waals surface area contributed by atoms with Crippen LogP contribution >= 0.6 is 0 Å². The predicted molar refractivity (Wildman–Crippen MR) is 132 cm³/mol. The van der Waals surface area contributed by atoms with Crippen molar-refractivity contribution >= 4 is 11.8 Å². The molecule has 2 amide bonds. The van der Waals surface area contributed by atoms with E-state index >= 15 is 0 Å². The molecule has 2 aliphatic rings. The Labute approximate surface area is 207 Å². The molecule has 2 aromatic rings. The van der Waals surface area contributed by atoms with Crippen LogP contribution in [0.2, 0.25) is 0 Å². The minimum atomic E-state index is -0.783. The Morgan fingerprint density at radius 2 is 1.71 bits per heavy atom. The summed E-state index contributed by atoms with van der Waals surface area (Å²) in [5.74, 6) is 1.26. The molecule has 0 spiro atoms. The van der Waals surface area contributed by atoms with Crippen molar-refractivity contribution < 1.29 is 23.5 Å². The standard InChI is InChI=1S/C28H35FN2O4/c1-4-15-35-24-14-9-21(16-25(24)34-3)27-28(33)30(23-12-5-19(2)6-13-23)18-26(32)31(27)17-20-7-10-22(29)11-8-20/h7-11,14,16,19,23,27H,4-6,12-13,15,17-18H2,1-3H3/t19?,23?,27-/m1/s1.